The van der Waals surface area contributed by atoms with Crippen molar-refractivity contribution in [1.29, 1.82) is 0 Å². The van der Waals surface area contributed by atoms with Gasteiger partial charge in [-0.15, -0.1) is 11.8 Å². The van der Waals surface area contributed by atoms with E-state index in [2.05, 4.69) is 0 Å². The maximum atomic E-state index is 9.44. The summed E-state index contributed by atoms with van der Waals surface area (Å²) in [7, 11) is 0. The van der Waals surface area contributed by atoms with Crippen molar-refractivity contribution in [1.82, 2.24) is 0 Å². The maximum absolute atomic E-state index is 9.44. The van der Waals surface area contributed by atoms with Crippen molar-refractivity contribution in [2.75, 3.05) is 6.26 Å². The lowest BCUT2D eigenvalue weighted by molar-refractivity contribution is 0.474. The van der Waals surface area contributed by atoms with E-state index in [4.69, 9.17) is 12.2 Å². The fourth-order valence-corrected chi connectivity index (χ4v) is 1.47. The number of phenols is 1. The van der Waals surface area contributed by atoms with Gasteiger partial charge >= 0.3 is 0 Å². The molecule has 12 heavy (non-hydrogen) atoms. The van der Waals surface area contributed by atoms with E-state index in [0.29, 0.717) is 0 Å². The molecule has 0 spiro atoms. The second-order valence-corrected chi connectivity index (χ2v) is 4.00. The van der Waals surface area contributed by atoms with Gasteiger partial charge in [-0.3, -0.25) is 0 Å². The van der Waals surface area contributed by atoms with E-state index in [1.807, 2.05) is 25.3 Å². The molecule has 0 saturated carbocycles. The largest absolute Gasteiger partial charge is 0.507 e. The molecule has 1 aromatic rings. The predicted molar refractivity (Wildman–Crippen MR) is 58.1 cm³/mol. The second kappa shape index (κ2) is 3.92. The number of thiocarbonyl (C=S) groups is 1. The van der Waals surface area contributed by atoms with Gasteiger partial charge in [0.25, 0.3) is 0 Å². The summed E-state index contributed by atoms with van der Waals surface area (Å²) in [6.45, 7) is 1.98. The Hall–Kier alpha value is -0.540. The van der Waals surface area contributed by atoms with E-state index in [1.165, 1.54) is 11.8 Å². The number of benzene rings is 1. The minimum absolute atomic E-state index is 0.264. The standard InChI is InChI=1S/C9H10OS2/c1-6-3-4-8(10)7(5-6)9(11)12-2/h3-5,10H,1-2H3. The molecule has 64 valence electrons. The van der Waals surface area contributed by atoms with Crippen LogP contribution in [0, 0.1) is 6.92 Å². The van der Waals surface area contributed by atoms with E-state index in [1.54, 1.807) is 6.07 Å². The van der Waals surface area contributed by atoms with Gasteiger partial charge in [-0.05, 0) is 25.3 Å². The van der Waals surface area contributed by atoms with Gasteiger partial charge in [-0.25, -0.2) is 0 Å². The van der Waals surface area contributed by atoms with Crippen LogP contribution in [-0.4, -0.2) is 15.6 Å². The lowest BCUT2D eigenvalue weighted by Crippen LogP contribution is -1.91. The molecule has 0 radical (unpaired) electrons. The summed E-state index contributed by atoms with van der Waals surface area (Å²) >= 11 is 6.54. The van der Waals surface area contributed by atoms with Crippen LogP contribution >= 0.6 is 24.0 Å². The number of phenolic OH excluding ortho intramolecular Hbond substituents is 1. The summed E-state index contributed by atoms with van der Waals surface area (Å²) in [5.41, 5.74) is 1.87. The van der Waals surface area contributed by atoms with Crippen LogP contribution in [-0.2, 0) is 0 Å². The smallest absolute Gasteiger partial charge is 0.124 e. The van der Waals surface area contributed by atoms with Crippen molar-refractivity contribution in [3.8, 4) is 5.75 Å². The maximum Gasteiger partial charge on any atom is 0.124 e. The molecular formula is C9H10OS2. The van der Waals surface area contributed by atoms with Crippen molar-refractivity contribution in [2.45, 2.75) is 6.92 Å². The molecular weight excluding hydrogens is 188 g/mol. The van der Waals surface area contributed by atoms with Crippen LogP contribution in [0.25, 0.3) is 0 Å². The van der Waals surface area contributed by atoms with Crippen LogP contribution in [0.4, 0.5) is 0 Å². The Kier molecular flexibility index (Phi) is 3.12. The summed E-state index contributed by atoms with van der Waals surface area (Å²) in [5.74, 6) is 0.264. The van der Waals surface area contributed by atoms with E-state index in [9.17, 15) is 5.11 Å². The molecule has 0 unspecified atom stereocenters. The monoisotopic (exact) mass is 198 g/mol. The highest BCUT2D eigenvalue weighted by molar-refractivity contribution is 8.23. The fraction of sp³-hybridized carbons (Fsp3) is 0.222. The van der Waals surface area contributed by atoms with Crippen LogP contribution in [0.2, 0.25) is 0 Å². The van der Waals surface area contributed by atoms with Gasteiger partial charge in [0.15, 0.2) is 0 Å². The average molecular weight is 198 g/mol. The van der Waals surface area contributed by atoms with Crippen molar-refractivity contribution < 1.29 is 5.11 Å². The van der Waals surface area contributed by atoms with Crippen LogP contribution in [0.5, 0.6) is 5.75 Å². The Morgan fingerprint density at radius 3 is 2.75 bits per heavy atom. The van der Waals surface area contributed by atoms with Crippen LogP contribution in [0.1, 0.15) is 11.1 Å². The Morgan fingerprint density at radius 2 is 2.17 bits per heavy atom. The molecule has 0 amide bonds. The Morgan fingerprint density at radius 1 is 1.50 bits per heavy atom. The first-order valence-electron chi connectivity index (χ1n) is 3.53. The van der Waals surface area contributed by atoms with Gasteiger partial charge in [0, 0.05) is 5.56 Å². The Balaban J connectivity index is 3.13. The molecule has 3 heteroatoms. The van der Waals surface area contributed by atoms with Crippen molar-refractivity contribution in [3.05, 3.63) is 29.3 Å². The Bertz CT molecular complexity index is 307. The normalized spacial score (nSPS) is 9.83. The lowest BCUT2D eigenvalue weighted by atomic mass is 10.1. The number of aromatic hydroxyl groups is 1. The highest BCUT2D eigenvalue weighted by Crippen LogP contribution is 2.22. The van der Waals surface area contributed by atoms with Crippen molar-refractivity contribution in [3.63, 3.8) is 0 Å². The third-order valence-electron chi connectivity index (χ3n) is 1.56. The molecule has 1 N–H and O–H groups in total. The third-order valence-corrected chi connectivity index (χ3v) is 2.87. The minimum atomic E-state index is 0.264. The molecule has 0 atom stereocenters. The molecule has 0 aliphatic heterocycles. The van der Waals surface area contributed by atoms with Gasteiger partial charge in [-0.2, -0.15) is 0 Å². The number of hydrogen-bond donors (Lipinski definition) is 1. The first kappa shape index (κ1) is 9.55. The number of hydrogen-bond acceptors (Lipinski definition) is 3. The van der Waals surface area contributed by atoms with Crippen molar-refractivity contribution in [2.24, 2.45) is 0 Å². The van der Waals surface area contributed by atoms with Crippen LogP contribution in [0.3, 0.4) is 0 Å². The summed E-state index contributed by atoms with van der Waals surface area (Å²) in [6, 6.07) is 5.43. The van der Waals surface area contributed by atoms with Gasteiger partial charge < -0.3 is 5.11 Å². The topological polar surface area (TPSA) is 20.2 Å². The molecule has 0 aliphatic carbocycles. The van der Waals surface area contributed by atoms with Crippen LogP contribution in [0.15, 0.2) is 18.2 Å². The lowest BCUT2D eigenvalue weighted by Gasteiger charge is -2.04. The quantitative estimate of drug-likeness (QED) is 0.701. The second-order valence-electron chi connectivity index (χ2n) is 2.51. The SMILES string of the molecule is CSC(=S)c1cc(C)ccc1O. The molecule has 1 aromatic carbocycles. The molecule has 0 saturated heterocycles. The highest BCUT2D eigenvalue weighted by atomic mass is 32.2. The summed E-state index contributed by atoms with van der Waals surface area (Å²) in [5, 5.41) is 9.44. The average Bonchev–Trinajstić information content (AvgIpc) is 2.08. The van der Waals surface area contributed by atoms with E-state index < -0.39 is 0 Å². The fourth-order valence-electron chi connectivity index (χ4n) is 0.923. The Labute approximate surface area is 81.8 Å². The molecule has 0 aliphatic rings. The third kappa shape index (κ3) is 1.99. The number of thioether (sulfide) groups is 1. The van der Waals surface area contributed by atoms with Gasteiger partial charge in [0.1, 0.15) is 5.75 Å². The molecule has 1 nitrogen and oxygen atoms in total. The van der Waals surface area contributed by atoms with Crippen LogP contribution < -0.4 is 0 Å². The van der Waals surface area contributed by atoms with E-state index >= 15 is 0 Å². The summed E-state index contributed by atoms with van der Waals surface area (Å²) < 4.78 is 0.733. The zero-order valence-corrected chi connectivity index (χ0v) is 8.63. The van der Waals surface area contributed by atoms with E-state index in [-0.39, 0.29) is 5.75 Å². The van der Waals surface area contributed by atoms with Gasteiger partial charge in [0.05, 0.1) is 4.20 Å². The molecule has 0 heterocycles. The van der Waals surface area contributed by atoms with Crippen molar-refractivity contribution >= 4 is 28.2 Å². The molecule has 0 aromatic heterocycles. The zero-order chi connectivity index (χ0) is 9.14. The first-order valence-corrected chi connectivity index (χ1v) is 5.16. The minimum Gasteiger partial charge on any atom is -0.507 e. The highest BCUT2D eigenvalue weighted by Gasteiger charge is 2.05. The molecule has 0 fully saturated rings. The van der Waals surface area contributed by atoms with Gasteiger partial charge in [-0.1, -0.05) is 23.8 Å². The molecule has 1 rings (SSSR count). The van der Waals surface area contributed by atoms with Gasteiger partial charge in [0.2, 0.25) is 0 Å². The number of aryl methyl sites for hydroxylation is 1. The summed E-state index contributed by atoms with van der Waals surface area (Å²) in [6.07, 6.45) is 1.91. The number of rotatable bonds is 1. The zero-order valence-electron chi connectivity index (χ0n) is 7.00. The summed E-state index contributed by atoms with van der Waals surface area (Å²) in [4.78, 5) is 0. The first-order chi connectivity index (χ1) is 5.65. The molecule has 0 bridgehead atoms. The van der Waals surface area contributed by atoms with E-state index in [0.717, 1.165) is 15.3 Å². The predicted octanol–water partition coefficient (Wildman–Crippen LogP) is 2.74.